The molecule has 0 spiro atoms. The third-order valence-electron chi connectivity index (χ3n) is 3.70. The van der Waals surface area contributed by atoms with Gasteiger partial charge in [0.1, 0.15) is 0 Å². The van der Waals surface area contributed by atoms with Crippen LogP contribution in [0.15, 0.2) is 36.7 Å². The number of ether oxygens (including phenoxy) is 1. The molecule has 2 rings (SSSR count). The minimum absolute atomic E-state index is 0.644. The highest BCUT2D eigenvalue weighted by Gasteiger charge is 2.08. The van der Waals surface area contributed by atoms with Crippen LogP contribution < -0.4 is 4.74 Å². The number of nitrogens with zero attached hydrogens (tertiary/aromatic N) is 3. The monoisotopic (exact) mass is 287 g/mol. The van der Waals surface area contributed by atoms with Crippen LogP contribution in [0.25, 0.3) is 5.69 Å². The first-order valence-corrected chi connectivity index (χ1v) is 7.67. The minimum Gasteiger partial charge on any atom is -0.481 e. The lowest BCUT2D eigenvalue weighted by Crippen LogP contribution is -2.25. The SMILES string of the molecule is CCCCN(CC)Cc1cccn1-c1ccc(OC)nc1. The summed E-state index contributed by atoms with van der Waals surface area (Å²) >= 11 is 0. The second-order valence-corrected chi connectivity index (χ2v) is 5.15. The van der Waals surface area contributed by atoms with E-state index in [1.807, 2.05) is 18.3 Å². The summed E-state index contributed by atoms with van der Waals surface area (Å²) < 4.78 is 7.31. The first-order valence-electron chi connectivity index (χ1n) is 7.67. The van der Waals surface area contributed by atoms with E-state index in [4.69, 9.17) is 4.74 Å². The highest BCUT2D eigenvalue weighted by Crippen LogP contribution is 2.16. The van der Waals surface area contributed by atoms with Crippen molar-refractivity contribution < 1.29 is 4.74 Å². The lowest BCUT2D eigenvalue weighted by Gasteiger charge is -2.21. The molecule has 0 saturated heterocycles. The number of hydrogen-bond donors (Lipinski definition) is 0. The summed E-state index contributed by atoms with van der Waals surface area (Å²) in [6, 6.07) is 8.21. The average molecular weight is 287 g/mol. The van der Waals surface area contributed by atoms with Gasteiger partial charge in [-0.05, 0) is 37.7 Å². The van der Waals surface area contributed by atoms with Gasteiger partial charge < -0.3 is 9.30 Å². The molecule has 0 fully saturated rings. The second kappa shape index (κ2) is 7.84. The molecule has 0 aromatic carbocycles. The van der Waals surface area contributed by atoms with Gasteiger partial charge in [-0.1, -0.05) is 20.3 Å². The summed E-state index contributed by atoms with van der Waals surface area (Å²) in [5, 5.41) is 0. The quantitative estimate of drug-likeness (QED) is 0.744. The maximum Gasteiger partial charge on any atom is 0.213 e. The van der Waals surface area contributed by atoms with Gasteiger partial charge in [0, 0.05) is 24.5 Å². The molecule has 0 aliphatic heterocycles. The van der Waals surface area contributed by atoms with Crippen molar-refractivity contribution in [3.05, 3.63) is 42.4 Å². The number of unbranched alkanes of at least 4 members (excludes halogenated alkanes) is 1. The molecule has 0 amide bonds. The maximum absolute atomic E-state index is 5.11. The zero-order valence-corrected chi connectivity index (χ0v) is 13.2. The molecular weight excluding hydrogens is 262 g/mol. The minimum atomic E-state index is 0.644. The maximum atomic E-state index is 5.11. The van der Waals surface area contributed by atoms with Gasteiger partial charge in [-0.25, -0.2) is 4.98 Å². The van der Waals surface area contributed by atoms with Gasteiger partial charge in [-0.3, -0.25) is 4.90 Å². The Balaban J connectivity index is 2.13. The molecule has 2 aromatic rings. The third-order valence-corrected chi connectivity index (χ3v) is 3.70. The smallest absolute Gasteiger partial charge is 0.213 e. The van der Waals surface area contributed by atoms with E-state index in [2.05, 4.69) is 46.6 Å². The molecule has 21 heavy (non-hydrogen) atoms. The van der Waals surface area contributed by atoms with Gasteiger partial charge in [0.2, 0.25) is 5.88 Å². The normalized spacial score (nSPS) is 11.0. The number of methoxy groups -OCH3 is 1. The predicted octanol–water partition coefficient (Wildman–Crippen LogP) is 3.50. The summed E-state index contributed by atoms with van der Waals surface area (Å²) in [5.74, 6) is 0.644. The highest BCUT2D eigenvalue weighted by atomic mass is 16.5. The fraction of sp³-hybridized carbons (Fsp3) is 0.471. The zero-order chi connectivity index (χ0) is 15.1. The van der Waals surface area contributed by atoms with Crippen LogP contribution in [0.2, 0.25) is 0 Å². The number of pyridine rings is 1. The predicted molar refractivity (Wildman–Crippen MR) is 86.0 cm³/mol. The molecule has 0 N–H and O–H groups in total. The molecule has 0 aliphatic rings. The summed E-state index contributed by atoms with van der Waals surface area (Å²) in [6.07, 6.45) is 6.43. The first kappa shape index (κ1) is 15.6. The van der Waals surface area contributed by atoms with Crippen molar-refractivity contribution in [2.45, 2.75) is 33.2 Å². The van der Waals surface area contributed by atoms with Crippen molar-refractivity contribution in [3.63, 3.8) is 0 Å². The van der Waals surface area contributed by atoms with Crippen LogP contribution in [0.4, 0.5) is 0 Å². The van der Waals surface area contributed by atoms with Crippen molar-refractivity contribution in [1.82, 2.24) is 14.5 Å². The van der Waals surface area contributed by atoms with E-state index in [-0.39, 0.29) is 0 Å². The topological polar surface area (TPSA) is 30.3 Å². The molecule has 0 saturated carbocycles. The van der Waals surface area contributed by atoms with Crippen molar-refractivity contribution >= 4 is 0 Å². The lowest BCUT2D eigenvalue weighted by atomic mass is 10.3. The highest BCUT2D eigenvalue weighted by molar-refractivity contribution is 5.34. The van der Waals surface area contributed by atoms with E-state index in [0.717, 1.165) is 25.3 Å². The summed E-state index contributed by atoms with van der Waals surface area (Å²) in [5.41, 5.74) is 2.36. The molecule has 4 heteroatoms. The second-order valence-electron chi connectivity index (χ2n) is 5.15. The Hall–Kier alpha value is -1.81. The fourth-order valence-electron chi connectivity index (χ4n) is 2.39. The summed E-state index contributed by atoms with van der Waals surface area (Å²) in [4.78, 5) is 6.76. The van der Waals surface area contributed by atoms with E-state index in [1.165, 1.54) is 18.5 Å². The van der Waals surface area contributed by atoms with Crippen molar-refractivity contribution in [3.8, 4) is 11.6 Å². The van der Waals surface area contributed by atoms with Gasteiger partial charge in [0.15, 0.2) is 0 Å². The summed E-state index contributed by atoms with van der Waals surface area (Å²) in [6.45, 7) is 7.65. The molecular formula is C17H25N3O. The van der Waals surface area contributed by atoms with Crippen molar-refractivity contribution in [1.29, 1.82) is 0 Å². The molecule has 0 radical (unpaired) electrons. The van der Waals surface area contributed by atoms with Crippen LogP contribution in [0.5, 0.6) is 5.88 Å². The third kappa shape index (κ3) is 4.08. The largest absolute Gasteiger partial charge is 0.481 e. The molecule has 114 valence electrons. The molecule has 2 heterocycles. The molecule has 4 nitrogen and oxygen atoms in total. The zero-order valence-electron chi connectivity index (χ0n) is 13.2. The van der Waals surface area contributed by atoms with Gasteiger partial charge in [-0.15, -0.1) is 0 Å². The Morgan fingerprint density at radius 1 is 1.24 bits per heavy atom. The van der Waals surface area contributed by atoms with Gasteiger partial charge >= 0.3 is 0 Å². The first-order chi connectivity index (χ1) is 10.3. The van der Waals surface area contributed by atoms with Gasteiger partial charge in [-0.2, -0.15) is 0 Å². The van der Waals surface area contributed by atoms with Crippen LogP contribution in [0.1, 0.15) is 32.4 Å². The van der Waals surface area contributed by atoms with Crippen LogP contribution >= 0.6 is 0 Å². The van der Waals surface area contributed by atoms with Crippen LogP contribution in [0, 0.1) is 0 Å². The summed E-state index contributed by atoms with van der Waals surface area (Å²) in [7, 11) is 1.63. The Morgan fingerprint density at radius 3 is 2.71 bits per heavy atom. The molecule has 0 unspecified atom stereocenters. The molecule has 0 aliphatic carbocycles. The average Bonchev–Trinajstić information content (AvgIpc) is 2.99. The standard InChI is InChI=1S/C17H25N3O/c1-4-6-11-19(5-2)14-16-8-7-12-20(16)15-9-10-17(21-3)18-13-15/h7-10,12-13H,4-6,11,14H2,1-3H3. The fourth-order valence-corrected chi connectivity index (χ4v) is 2.39. The molecule has 2 aromatic heterocycles. The Labute approximate surface area is 127 Å². The van der Waals surface area contributed by atoms with Crippen LogP contribution in [0.3, 0.4) is 0 Å². The Bertz CT molecular complexity index is 533. The Kier molecular flexibility index (Phi) is 5.81. The van der Waals surface area contributed by atoms with Crippen LogP contribution in [-0.2, 0) is 6.54 Å². The molecule has 0 atom stereocenters. The lowest BCUT2D eigenvalue weighted by molar-refractivity contribution is 0.271. The van der Waals surface area contributed by atoms with E-state index < -0.39 is 0 Å². The number of rotatable bonds is 8. The number of aromatic nitrogens is 2. The van der Waals surface area contributed by atoms with Gasteiger partial charge in [0.05, 0.1) is 19.0 Å². The molecule has 0 bridgehead atoms. The number of hydrogen-bond acceptors (Lipinski definition) is 3. The van der Waals surface area contributed by atoms with E-state index in [9.17, 15) is 0 Å². The van der Waals surface area contributed by atoms with Crippen molar-refractivity contribution in [2.24, 2.45) is 0 Å². The van der Waals surface area contributed by atoms with Crippen molar-refractivity contribution in [2.75, 3.05) is 20.2 Å². The van der Waals surface area contributed by atoms with E-state index in [0.29, 0.717) is 5.88 Å². The van der Waals surface area contributed by atoms with Crippen LogP contribution in [-0.4, -0.2) is 34.7 Å². The van der Waals surface area contributed by atoms with Gasteiger partial charge in [0.25, 0.3) is 0 Å². The Morgan fingerprint density at radius 2 is 2.10 bits per heavy atom. The van der Waals surface area contributed by atoms with E-state index in [1.54, 1.807) is 7.11 Å². The van der Waals surface area contributed by atoms with E-state index >= 15 is 0 Å².